The highest BCUT2D eigenvalue weighted by molar-refractivity contribution is 9.10. The van der Waals surface area contributed by atoms with Crippen molar-refractivity contribution in [1.82, 2.24) is 4.98 Å². The topological polar surface area (TPSA) is 54.5 Å². The lowest BCUT2D eigenvalue weighted by Gasteiger charge is -2.30. The van der Waals surface area contributed by atoms with Crippen LogP contribution in [-0.2, 0) is 16.0 Å². The average molecular weight is 493 g/mol. The maximum absolute atomic E-state index is 12.7. The van der Waals surface area contributed by atoms with Crippen LogP contribution in [0.1, 0.15) is 5.69 Å². The van der Waals surface area contributed by atoms with Gasteiger partial charge in [-0.3, -0.25) is 4.79 Å². The molecule has 8 heteroatoms. The molecule has 0 aliphatic carbocycles. The Balaban J connectivity index is 1.47. The number of halogens is 2. The average Bonchev–Trinajstić information content (AvgIpc) is 3.17. The summed E-state index contributed by atoms with van der Waals surface area (Å²) >= 11 is 11.2. The van der Waals surface area contributed by atoms with E-state index in [4.69, 9.17) is 16.3 Å². The van der Waals surface area contributed by atoms with E-state index in [-0.39, 0.29) is 12.3 Å². The summed E-state index contributed by atoms with van der Waals surface area (Å²) in [6, 6.07) is 13.5. The normalized spacial score (nSPS) is 14.1. The number of rotatable bonds is 5. The van der Waals surface area contributed by atoms with Crippen LogP contribution in [0.5, 0.6) is 0 Å². The number of carbonyl (C=O) groups is 1. The molecule has 0 bridgehead atoms. The second-order valence-electron chi connectivity index (χ2n) is 6.64. The van der Waals surface area contributed by atoms with E-state index in [2.05, 4.69) is 31.1 Å². The first-order valence-electron chi connectivity index (χ1n) is 9.21. The largest absolute Gasteiger partial charge is 0.378 e. The predicted octanol–water partition coefficient (Wildman–Crippen LogP) is 5.24. The lowest BCUT2D eigenvalue weighted by Crippen LogP contribution is -2.36. The fourth-order valence-corrected chi connectivity index (χ4v) is 4.58. The Labute approximate surface area is 186 Å². The van der Waals surface area contributed by atoms with Crippen molar-refractivity contribution in [2.45, 2.75) is 6.42 Å². The number of ether oxygens (including phenoxy) is 1. The monoisotopic (exact) mass is 491 g/mol. The summed E-state index contributed by atoms with van der Waals surface area (Å²) in [5.41, 5.74) is 3.45. The predicted molar refractivity (Wildman–Crippen MR) is 122 cm³/mol. The van der Waals surface area contributed by atoms with Gasteiger partial charge >= 0.3 is 0 Å². The van der Waals surface area contributed by atoms with E-state index in [9.17, 15) is 4.79 Å². The number of amides is 1. The summed E-state index contributed by atoms with van der Waals surface area (Å²) in [6.07, 6.45) is 0.208. The lowest BCUT2D eigenvalue weighted by atomic mass is 10.2. The van der Waals surface area contributed by atoms with Crippen LogP contribution in [0.3, 0.4) is 0 Å². The molecule has 0 atom stereocenters. The third-order valence-electron chi connectivity index (χ3n) is 4.55. The van der Waals surface area contributed by atoms with Crippen molar-refractivity contribution in [3.8, 4) is 10.6 Å². The maximum Gasteiger partial charge on any atom is 0.230 e. The Hall–Kier alpha value is -1.93. The molecule has 0 spiro atoms. The zero-order chi connectivity index (χ0) is 20.2. The van der Waals surface area contributed by atoms with Gasteiger partial charge in [-0.1, -0.05) is 39.7 Å². The van der Waals surface area contributed by atoms with Crippen molar-refractivity contribution in [3.05, 3.63) is 63.0 Å². The molecule has 1 N–H and O–H groups in total. The van der Waals surface area contributed by atoms with E-state index in [1.165, 1.54) is 11.3 Å². The molecule has 29 heavy (non-hydrogen) atoms. The molecule has 2 heterocycles. The van der Waals surface area contributed by atoms with Crippen molar-refractivity contribution >= 4 is 56.1 Å². The number of nitrogens with zero attached hydrogens (tertiary/aromatic N) is 2. The molecule has 1 amide bonds. The molecule has 0 unspecified atom stereocenters. The molecule has 5 nitrogen and oxygen atoms in total. The van der Waals surface area contributed by atoms with Gasteiger partial charge in [-0.15, -0.1) is 11.3 Å². The van der Waals surface area contributed by atoms with E-state index in [0.29, 0.717) is 23.9 Å². The fourth-order valence-electron chi connectivity index (χ4n) is 3.19. The quantitative estimate of drug-likeness (QED) is 0.529. The standard InChI is InChI=1S/C21H19BrClN3O2S/c22-15-3-1-2-14(10-15)21-24-17(13-29-21)12-20(27)25-18-11-16(23)4-5-19(18)26-6-8-28-9-7-26/h1-5,10-11,13H,6-9,12H2,(H,25,27). The number of benzene rings is 2. The summed E-state index contributed by atoms with van der Waals surface area (Å²) in [5, 5.41) is 6.41. The van der Waals surface area contributed by atoms with Gasteiger partial charge in [-0.25, -0.2) is 4.98 Å². The molecule has 1 aromatic heterocycles. The van der Waals surface area contributed by atoms with Gasteiger partial charge in [-0.05, 0) is 30.3 Å². The van der Waals surface area contributed by atoms with Crippen LogP contribution >= 0.6 is 38.9 Å². The molecular formula is C21H19BrClN3O2S. The molecule has 1 fully saturated rings. The van der Waals surface area contributed by atoms with E-state index in [0.717, 1.165) is 39.5 Å². The molecule has 1 saturated heterocycles. The summed E-state index contributed by atoms with van der Waals surface area (Å²) in [6.45, 7) is 2.92. The van der Waals surface area contributed by atoms with E-state index in [1.54, 1.807) is 6.07 Å². The minimum Gasteiger partial charge on any atom is -0.378 e. The van der Waals surface area contributed by atoms with E-state index >= 15 is 0 Å². The zero-order valence-electron chi connectivity index (χ0n) is 15.5. The van der Waals surface area contributed by atoms with Gasteiger partial charge in [0.05, 0.1) is 36.7 Å². The SMILES string of the molecule is O=C(Cc1csc(-c2cccc(Br)c2)n1)Nc1cc(Cl)ccc1N1CCOCC1. The highest BCUT2D eigenvalue weighted by atomic mass is 79.9. The van der Waals surface area contributed by atoms with Crippen molar-refractivity contribution in [3.63, 3.8) is 0 Å². The van der Waals surface area contributed by atoms with Crippen LogP contribution in [0.25, 0.3) is 10.6 Å². The summed E-state index contributed by atoms with van der Waals surface area (Å²) < 4.78 is 6.43. The summed E-state index contributed by atoms with van der Waals surface area (Å²) in [5.74, 6) is -0.118. The second kappa shape index (κ2) is 9.26. The van der Waals surface area contributed by atoms with Gasteiger partial charge in [0.2, 0.25) is 5.91 Å². The van der Waals surface area contributed by atoms with Crippen molar-refractivity contribution in [2.75, 3.05) is 36.5 Å². The Morgan fingerprint density at radius 1 is 1.24 bits per heavy atom. The third kappa shape index (κ3) is 5.17. The molecule has 0 saturated carbocycles. The minimum absolute atomic E-state index is 0.118. The number of morpholine rings is 1. The zero-order valence-corrected chi connectivity index (χ0v) is 18.7. The van der Waals surface area contributed by atoms with Gasteiger partial charge in [0.15, 0.2) is 0 Å². The van der Waals surface area contributed by atoms with Gasteiger partial charge in [0, 0.05) is 33.5 Å². The highest BCUT2D eigenvalue weighted by Crippen LogP contribution is 2.30. The smallest absolute Gasteiger partial charge is 0.230 e. The second-order valence-corrected chi connectivity index (χ2v) is 8.85. The first kappa shape index (κ1) is 20.3. The highest BCUT2D eigenvalue weighted by Gasteiger charge is 2.17. The fraction of sp³-hybridized carbons (Fsp3) is 0.238. The van der Waals surface area contributed by atoms with Crippen LogP contribution in [0.4, 0.5) is 11.4 Å². The number of anilines is 2. The van der Waals surface area contributed by atoms with Crippen LogP contribution in [-0.4, -0.2) is 37.2 Å². The van der Waals surface area contributed by atoms with Gasteiger partial charge in [0.1, 0.15) is 5.01 Å². The molecule has 4 rings (SSSR count). The van der Waals surface area contributed by atoms with Crippen LogP contribution in [0, 0.1) is 0 Å². The van der Waals surface area contributed by atoms with Crippen LogP contribution < -0.4 is 10.2 Å². The first-order valence-corrected chi connectivity index (χ1v) is 11.3. The Bertz CT molecular complexity index is 1020. The molecule has 0 radical (unpaired) electrons. The van der Waals surface area contributed by atoms with Crippen molar-refractivity contribution in [2.24, 2.45) is 0 Å². The molecule has 1 aliphatic heterocycles. The molecule has 1 aliphatic rings. The summed E-state index contributed by atoms with van der Waals surface area (Å²) in [7, 11) is 0. The minimum atomic E-state index is -0.118. The van der Waals surface area contributed by atoms with Gasteiger partial charge in [0.25, 0.3) is 0 Å². The maximum atomic E-state index is 12.7. The molecule has 3 aromatic rings. The van der Waals surface area contributed by atoms with E-state index < -0.39 is 0 Å². The Morgan fingerprint density at radius 2 is 2.07 bits per heavy atom. The van der Waals surface area contributed by atoms with Crippen molar-refractivity contribution in [1.29, 1.82) is 0 Å². The first-order chi connectivity index (χ1) is 14.1. The number of carbonyl (C=O) groups excluding carboxylic acids is 1. The number of thiazole rings is 1. The third-order valence-corrected chi connectivity index (χ3v) is 6.22. The lowest BCUT2D eigenvalue weighted by molar-refractivity contribution is -0.115. The number of hydrogen-bond acceptors (Lipinski definition) is 5. The van der Waals surface area contributed by atoms with Crippen LogP contribution in [0.2, 0.25) is 5.02 Å². The molecule has 150 valence electrons. The van der Waals surface area contributed by atoms with E-state index in [1.807, 2.05) is 41.8 Å². The number of aromatic nitrogens is 1. The Kier molecular flexibility index (Phi) is 6.50. The van der Waals surface area contributed by atoms with Gasteiger partial charge < -0.3 is 15.0 Å². The molecular weight excluding hydrogens is 474 g/mol. The summed E-state index contributed by atoms with van der Waals surface area (Å²) in [4.78, 5) is 19.5. The Morgan fingerprint density at radius 3 is 2.86 bits per heavy atom. The van der Waals surface area contributed by atoms with Crippen LogP contribution in [0.15, 0.2) is 52.3 Å². The van der Waals surface area contributed by atoms with Crippen molar-refractivity contribution < 1.29 is 9.53 Å². The van der Waals surface area contributed by atoms with Gasteiger partial charge in [-0.2, -0.15) is 0 Å². The number of nitrogens with one attached hydrogen (secondary N) is 1. The number of hydrogen-bond donors (Lipinski definition) is 1. The molecule has 2 aromatic carbocycles.